The fourth-order valence-electron chi connectivity index (χ4n) is 2.98. The van der Waals surface area contributed by atoms with Gasteiger partial charge in [0.15, 0.2) is 0 Å². The molecule has 4 aromatic rings. The van der Waals surface area contributed by atoms with Gasteiger partial charge in [-0.3, -0.25) is 14.5 Å². The number of aromatic nitrogens is 4. The second kappa shape index (κ2) is 8.51. The van der Waals surface area contributed by atoms with Crippen LogP contribution in [0.3, 0.4) is 0 Å². The summed E-state index contributed by atoms with van der Waals surface area (Å²) in [6.07, 6.45) is 8.61. The van der Waals surface area contributed by atoms with Crippen molar-refractivity contribution in [2.75, 3.05) is 11.1 Å². The van der Waals surface area contributed by atoms with Crippen molar-refractivity contribution >= 4 is 17.4 Å². The van der Waals surface area contributed by atoms with Gasteiger partial charge in [0.25, 0.3) is 5.91 Å². The van der Waals surface area contributed by atoms with Gasteiger partial charge < -0.3 is 11.1 Å². The maximum absolute atomic E-state index is 12.6. The molecule has 3 aromatic heterocycles. The lowest BCUT2D eigenvalue weighted by molar-refractivity contribution is 0.102. The first kappa shape index (κ1) is 19.9. The molecule has 0 aliphatic carbocycles. The molecule has 3 N–H and O–H groups in total. The van der Waals surface area contributed by atoms with Crippen molar-refractivity contribution in [2.24, 2.45) is 7.05 Å². The number of amides is 1. The minimum absolute atomic E-state index is 0.226. The molecule has 0 unspecified atom stereocenters. The van der Waals surface area contributed by atoms with Crippen LogP contribution in [-0.4, -0.2) is 25.7 Å². The number of aryl methyl sites for hydroxylation is 2. The highest BCUT2D eigenvalue weighted by Crippen LogP contribution is 2.21. The van der Waals surface area contributed by atoms with E-state index in [1.54, 1.807) is 53.7 Å². The highest BCUT2D eigenvalue weighted by Gasteiger charge is 2.09. The van der Waals surface area contributed by atoms with Crippen LogP contribution in [0.1, 0.15) is 27.0 Å². The third-order valence-electron chi connectivity index (χ3n) is 4.71. The molecule has 0 fully saturated rings. The highest BCUT2D eigenvalue weighted by atomic mass is 16.1. The zero-order chi connectivity index (χ0) is 21.8. The lowest BCUT2D eigenvalue weighted by atomic mass is 10.0. The SMILES string of the molecule is Cc1ccc(C(=O)Nc2cccnc2)cc1C#Cc1cc(-c2cnn(C)c2)cnc1N. The van der Waals surface area contributed by atoms with Crippen LogP contribution in [0.2, 0.25) is 0 Å². The predicted molar refractivity (Wildman–Crippen MR) is 120 cm³/mol. The molecule has 152 valence electrons. The third-order valence-corrected chi connectivity index (χ3v) is 4.71. The maximum Gasteiger partial charge on any atom is 0.255 e. The van der Waals surface area contributed by atoms with Gasteiger partial charge in [-0.25, -0.2) is 4.98 Å². The monoisotopic (exact) mass is 408 g/mol. The van der Waals surface area contributed by atoms with Crippen LogP contribution < -0.4 is 11.1 Å². The molecule has 1 amide bonds. The Kier molecular flexibility index (Phi) is 5.45. The van der Waals surface area contributed by atoms with Crippen molar-refractivity contribution in [1.82, 2.24) is 19.7 Å². The van der Waals surface area contributed by atoms with E-state index < -0.39 is 0 Å². The summed E-state index contributed by atoms with van der Waals surface area (Å²) in [5, 5.41) is 7.01. The van der Waals surface area contributed by atoms with Gasteiger partial charge >= 0.3 is 0 Å². The van der Waals surface area contributed by atoms with Crippen LogP contribution in [0.4, 0.5) is 11.5 Å². The molecule has 0 atom stereocenters. The van der Waals surface area contributed by atoms with Crippen LogP contribution in [0, 0.1) is 18.8 Å². The number of hydrogen-bond acceptors (Lipinski definition) is 5. The van der Waals surface area contributed by atoms with Crippen LogP contribution in [-0.2, 0) is 7.05 Å². The Morgan fingerprint density at radius 3 is 2.65 bits per heavy atom. The number of rotatable bonds is 3. The van der Waals surface area contributed by atoms with E-state index in [-0.39, 0.29) is 5.91 Å². The van der Waals surface area contributed by atoms with Gasteiger partial charge in [-0.05, 0) is 42.8 Å². The Balaban J connectivity index is 1.62. The summed E-state index contributed by atoms with van der Waals surface area (Å²) < 4.78 is 1.72. The minimum atomic E-state index is -0.226. The fourth-order valence-corrected chi connectivity index (χ4v) is 2.98. The molecule has 31 heavy (non-hydrogen) atoms. The average Bonchev–Trinajstić information content (AvgIpc) is 3.21. The summed E-state index contributed by atoms with van der Waals surface area (Å²) in [6.45, 7) is 1.94. The van der Waals surface area contributed by atoms with Gasteiger partial charge in [0.05, 0.1) is 23.6 Å². The lowest BCUT2D eigenvalue weighted by Crippen LogP contribution is -2.12. The summed E-state index contributed by atoms with van der Waals surface area (Å²) in [5.74, 6) is 6.35. The fraction of sp³-hybridized carbons (Fsp3) is 0.0833. The van der Waals surface area contributed by atoms with E-state index in [4.69, 9.17) is 5.73 Å². The summed E-state index contributed by atoms with van der Waals surface area (Å²) in [6, 6.07) is 10.8. The van der Waals surface area contributed by atoms with Gasteiger partial charge in [-0.1, -0.05) is 17.9 Å². The van der Waals surface area contributed by atoms with E-state index in [1.807, 2.05) is 32.3 Å². The quantitative estimate of drug-likeness (QED) is 0.506. The first-order valence-corrected chi connectivity index (χ1v) is 9.58. The van der Waals surface area contributed by atoms with E-state index >= 15 is 0 Å². The predicted octanol–water partition coefficient (Wildman–Crippen LogP) is 3.42. The molecule has 0 saturated heterocycles. The van der Waals surface area contributed by atoms with Crippen LogP contribution in [0.5, 0.6) is 0 Å². The second-order valence-corrected chi connectivity index (χ2v) is 7.03. The number of nitrogens with one attached hydrogen (secondary N) is 1. The highest BCUT2D eigenvalue weighted by molar-refractivity contribution is 6.04. The van der Waals surface area contributed by atoms with Crippen LogP contribution in [0.15, 0.2) is 67.4 Å². The third kappa shape index (κ3) is 4.60. The lowest BCUT2D eigenvalue weighted by Gasteiger charge is -2.06. The molecule has 0 aliphatic heterocycles. The molecule has 0 saturated carbocycles. The maximum atomic E-state index is 12.6. The standard InChI is InChI=1S/C24H20N6O/c1-16-5-6-19(24(31)29-22-4-3-9-26-14-22)10-17(16)7-8-18-11-20(12-27-23(18)25)21-13-28-30(2)15-21/h3-6,9-15H,1-2H3,(H2,25,27)(H,29,31). The molecule has 4 rings (SSSR count). The Bertz CT molecular complexity index is 1310. The normalized spacial score (nSPS) is 10.3. The van der Waals surface area contributed by atoms with Crippen molar-refractivity contribution in [3.8, 4) is 23.0 Å². The number of nitrogen functional groups attached to an aromatic ring is 1. The molecule has 0 bridgehead atoms. The topological polar surface area (TPSA) is 98.7 Å². The van der Waals surface area contributed by atoms with E-state index in [0.717, 1.165) is 22.3 Å². The number of hydrogen-bond donors (Lipinski definition) is 2. The van der Waals surface area contributed by atoms with Crippen molar-refractivity contribution in [3.63, 3.8) is 0 Å². The minimum Gasteiger partial charge on any atom is -0.383 e. The number of pyridine rings is 2. The van der Waals surface area contributed by atoms with Crippen LogP contribution in [0.25, 0.3) is 11.1 Å². The summed E-state index contributed by atoms with van der Waals surface area (Å²) in [4.78, 5) is 20.8. The van der Waals surface area contributed by atoms with E-state index in [2.05, 4.69) is 32.2 Å². The molecule has 0 radical (unpaired) electrons. The van der Waals surface area contributed by atoms with Gasteiger partial charge in [-0.15, -0.1) is 0 Å². The molecule has 7 nitrogen and oxygen atoms in total. The Labute approximate surface area is 180 Å². The number of anilines is 2. The first-order chi connectivity index (χ1) is 15.0. The van der Waals surface area contributed by atoms with Gasteiger partial charge in [0.2, 0.25) is 0 Å². The molecule has 3 heterocycles. The van der Waals surface area contributed by atoms with Gasteiger partial charge in [0.1, 0.15) is 5.82 Å². The summed E-state index contributed by atoms with van der Waals surface area (Å²) in [5.41, 5.74) is 11.3. The van der Waals surface area contributed by atoms with Crippen molar-refractivity contribution < 1.29 is 4.79 Å². The molecular formula is C24H20N6O. The number of carbonyl (C=O) groups excluding carboxylic acids is 1. The van der Waals surface area contributed by atoms with Crippen molar-refractivity contribution in [3.05, 3.63) is 89.6 Å². The van der Waals surface area contributed by atoms with E-state index in [9.17, 15) is 4.79 Å². The summed E-state index contributed by atoms with van der Waals surface area (Å²) in [7, 11) is 1.86. The number of benzene rings is 1. The number of nitrogens with two attached hydrogens (primary N) is 1. The summed E-state index contributed by atoms with van der Waals surface area (Å²) >= 11 is 0. The molecular weight excluding hydrogens is 388 g/mol. The van der Waals surface area contributed by atoms with Gasteiger partial charge in [-0.2, -0.15) is 5.10 Å². The molecule has 1 aromatic carbocycles. The Morgan fingerprint density at radius 2 is 1.90 bits per heavy atom. The van der Waals surface area contributed by atoms with Crippen molar-refractivity contribution in [2.45, 2.75) is 6.92 Å². The average molecular weight is 408 g/mol. The van der Waals surface area contributed by atoms with Crippen molar-refractivity contribution in [1.29, 1.82) is 0 Å². The molecule has 0 spiro atoms. The zero-order valence-electron chi connectivity index (χ0n) is 17.1. The first-order valence-electron chi connectivity index (χ1n) is 9.58. The largest absolute Gasteiger partial charge is 0.383 e. The van der Waals surface area contributed by atoms with E-state index in [1.165, 1.54) is 0 Å². The van der Waals surface area contributed by atoms with Gasteiger partial charge in [0, 0.05) is 47.9 Å². The number of nitrogens with zero attached hydrogens (tertiary/aromatic N) is 4. The van der Waals surface area contributed by atoms with Crippen LogP contribution >= 0.6 is 0 Å². The molecule has 7 heteroatoms. The number of carbonyl (C=O) groups is 1. The molecule has 0 aliphatic rings. The smallest absolute Gasteiger partial charge is 0.255 e. The second-order valence-electron chi connectivity index (χ2n) is 7.03. The Hall–Kier alpha value is -4.44. The van der Waals surface area contributed by atoms with E-state index in [0.29, 0.717) is 22.6 Å². The zero-order valence-corrected chi connectivity index (χ0v) is 17.1. The Morgan fingerprint density at radius 1 is 1.06 bits per heavy atom.